The highest BCUT2D eigenvalue weighted by atomic mass is 16.4. The zero-order valence-corrected chi connectivity index (χ0v) is 9.84. The van der Waals surface area contributed by atoms with Crippen LogP contribution in [0, 0.1) is 0 Å². The molecule has 0 saturated heterocycles. The lowest BCUT2D eigenvalue weighted by molar-refractivity contribution is 0.0690. The largest absolute Gasteiger partial charge is 0.477 e. The van der Waals surface area contributed by atoms with Crippen LogP contribution in [0.5, 0.6) is 0 Å². The van der Waals surface area contributed by atoms with Gasteiger partial charge >= 0.3 is 5.97 Å². The van der Waals surface area contributed by atoms with E-state index in [1.807, 2.05) is 30.3 Å². The van der Waals surface area contributed by atoms with Gasteiger partial charge in [-0.15, -0.1) is 6.58 Å². The van der Waals surface area contributed by atoms with Crippen LogP contribution in [0.25, 0.3) is 11.1 Å². The maximum Gasteiger partial charge on any atom is 0.354 e. The second-order valence-corrected chi connectivity index (χ2v) is 3.89. The Balaban J connectivity index is 2.42. The van der Waals surface area contributed by atoms with E-state index >= 15 is 0 Å². The van der Waals surface area contributed by atoms with E-state index < -0.39 is 5.97 Å². The Morgan fingerprint density at radius 1 is 1.28 bits per heavy atom. The second kappa shape index (κ2) is 5.27. The number of hydrogen-bond donors (Lipinski definition) is 1. The summed E-state index contributed by atoms with van der Waals surface area (Å²) in [6.07, 6.45) is 4.21. The molecule has 0 saturated carbocycles. The SMILES string of the molecule is C=CCc1ccccc1-c1ccc(C(=O)O)nc1. The van der Waals surface area contributed by atoms with Crippen molar-refractivity contribution in [3.8, 4) is 11.1 Å². The Morgan fingerprint density at radius 2 is 2.06 bits per heavy atom. The van der Waals surface area contributed by atoms with Crippen LogP contribution in [0.3, 0.4) is 0 Å². The quantitative estimate of drug-likeness (QED) is 0.834. The number of aromatic carboxylic acids is 1. The van der Waals surface area contributed by atoms with Crippen molar-refractivity contribution >= 4 is 5.97 Å². The fraction of sp³-hybridized carbons (Fsp3) is 0.0667. The lowest BCUT2D eigenvalue weighted by Crippen LogP contribution is -1.99. The number of pyridine rings is 1. The van der Waals surface area contributed by atoms with Crippen LogP contribution in [0.1, 0.15) is 16.1 Å². The molecule has 1 N–H and O–H groups in total. The molecule has 1 heterocycles. The maximum absolute atomic E-state index is 10.7. The number of allylic oxidation sites excluding steroid dienone is 1. The van der Waals surface area contributed by atoms with Crippen molar-refractivity contribution in [3.05, 3.63) is 66.5 Å². The van der Waals surface area contributed by atoms with Gasteiger partial charge in [-0.3, -0.25) is 0 Å². The number of carbonyl (C=O) groups is 1. The molecule has 1 aromatic heterocycles. The summed E-state index contributed by atoms with van der Waals surface area (Å²) >= 11 is 0. The van der Waals surface area contributed by atoms with Gasteiger partial charge in [-0.1, -0.05) is 36.4 Å². The summed E-state index contributed by atoms with van der Waals surface area (Å²) in [5, 5.41) is 8.81. The summed E-state index contributed by atoms with van der Waals surface area (Å²) in [6.45, 7) is 3.73. The molecule has 18 heavy (non-hydrogen) atoms. The van der Waals surface area contributed by atoms with Gasteiger partial charge in [0.25, 0.3) is 0 Å². The smallest absolute Gasteiger partial charge is 0.354 e. The Bertz CT molecular complexity index is 573. The van der Waals surface area contributed by atoms with Crippen molar-refractivity contribution in [3.63, 3.8) is 0 Å². The summed E-state index contributed by atoms with van der Waals surface area (Å²) in [7, 11) is 0. The Labute approximate surface area is 105 Å². The Morgan fingerprint density at radius 3 is 2.67 bits per heavy atom. The molecule has 0 aliphatic rings. The molecule has 0 spiro atoms. The first-order valence-electron chi connectivity index (χ1n) is 5.61. The number of carboxylic acid groups (broad SMARTS) is 1. The van der Waals surface area contributed by atoms with E-state index in [0.717, 1.165) is 23.1 Å². The molecule has 0 fully saturated rings. The highest BCUT2D eigenvalue weighted by molar-refractivity contribution is 5.85. The molecule has 90 valence electrons. The average molecular weight is 239 g/mol. The number of benzene rings is 1. The van der Waals surface area contributed by atoms with Crippen LogP contribution in [0.2, 0.25) is 0 Å². The van der Waals surface area contributed by atoms with Gasteiger partial charge in [0.15, 0.2) is 0 Å². The standard InChI is InChI=1S/C15H13NO2/c1-2-5-11-6-3-4-7-13(11)12-8-9-14(15(17)18)16-10-12/h2-4,6-10H,1,5H2,(H,17,18). The van der Waals surface area contributed by atoms with Crippen molar-refractivity contribution in [2.45, 2.75) is 6.42 Å². The van der Waals surface area contributed by atoms with Crippen LogP contribution in [0.4, 0.5) is 0 Å². The number of aromatic nitrogens is 1. The van der Waals surface area contributed by atoms with Crippen LogP contribution >= 0.6 is 0 Å². The van der Waals surface area contributed by atoms with Crippen molar-refractivity contribution in [2.75, 3.05) is 0 Å². The third-order valence-corrected chi connectivity index (χ3v) is 2.68. The predicted molar refractivity (Wildman–Crippen MR) is 70.5 cm³/mol. The zero-order chi connectivity index (χ0) is 13.0. The maximum atomic E-state index is 10.7. The van der Waals surface area contributed by atoms with Gasteiger partial charge in [0, 0.05) is 11.8 Å². The van der Waals surface area contributed by atoms with Crippen LogP contribution < -0.4 is 0 Å². The molecule has 0 bridgehead atoms. The molecule has 0 aliphatic carbocycles. The van der Waals surface area contributed by atoms with Gasteiger partial charge in [-0.05, 0) is 23.6 Å². The van der Waals surface area contributed by atoms with Crippen molar-refractivity contribution < 1.29 is 9.90 Å². The highest BCUT2D eigenvalue weighted by Gasteiger charge is 2.07. The molecule has 0 radical (unpaired) electrons. The molecule has 0 amide bonds. The fourth-order valence-electron chi connectivity index (χ4n) is 1.82. The van der Waals surface area contributed by atoms with Gasteiger partial charge in [0.1, 0.15) is 5.69 Å². The molecule has 0 atom stereocenters. The molecular weight excluding hydrogens is 226 g/mol. The summed E-state index contributed by atoms with van der Waals surface area (Å²) in [4.78, 5) is 14.7. The number of rotatable bonds is 4. The van der Waals surface area contributed by atoms with Crippen molar-refractivity contribution in [2.24, 2.45) is 0 Å². The van der Waals surface area contributed by atoms with Crippen molar-refractivity contribution in [1.82, 2.24) is 4.98 Å². The minimum Gasteiger partial charge on any atom is -0.477 e. The van der Waals surface area contributed by atoms with E-state index in [1.165, 1.54) is 6.07 Å². The number of nitrogens with zero attached hydrogens (tertiary/aromatic N) is 1. The summed E-state index contributed by atoms with van der Waals surface area (Å²) in [5.74, 6) is -1.01. The molecular formula is C15H13NO2. The lowest BCUT2D eigenvalue weighted by Gasteiger charge is -2.07. The van der Waals surface area contributed by atoms with Crippen molar-refractivity contribution in [1.29, 1.82) is 0 Å². The predicted octanol–water partition coefficient (Wildman–Crippen LogP) is 3.18. The lowest BCUT2D eigenvalue weighted by atomic mass is 9.99. The Hall–Kier alpha value is -2.42. The average Bonchev–Trinajstić information content (AvgIpc) is 2.40. The third kappa shape index (κ3) is 2.46. The van der Waals surface area contributed by atoms with Gasteiger partial charge in [-0.25, -0.2) is 9.78 Å². The van der Waals surface area contributed by atoms with E-state index in [9.17, 15) is 4.79 Å². The molecule has 2 aromatic rings. The first-order chi connectivity index (χ1) is 8.72. The van der Waals surface area contributed by atoms with E-state index in [-0.39, 0.29) is 5.69 Å². The fourth-order valence-corrected chi connectivity index (χ4v) is 1.82. The normalized spacial score (nSPS) is 10.0. The Kier molecular flexibility index (Phi) is 3.53. The second-order valence-electron chi connectivity index (χ2n) is 3.89. The van der Waals surface area contributed by atoms with E-state index in [1.54, 1.807) is 12.3 Å². The molecule has 3 nitrogen and oxygen atoms in total. The summed E-state index contributed by atoms with van der Waals surface area (Å²) in [6, 6.07) is 11.2. The molecule has 1 aromatic carbocycles. The minimum absolute atomic E-state index is 0.0555. The molecule has 0 unspecified atom stereocenters. The number of hydrogen-bond acceptors (Lipinski definition) is 2. The van der Waals surface area contributed by atoms with Gasteiger partial charge in [-0.2, -0.15) is 0 Å². The first kappa shape index (κ1) is 12.0. The van der Waals surface area contributed by atoms with Crippen LogP contribution in [-0.4, -0.2) is 16.1 Å². The van der Waals surface area contributed by atoms with Crippen LogP contribution in [-0.2, 0) is 6.42 Å². The number of carboxylic acids is 1. The van der Waals surface area contributed by atoms with Gasteiger partial charge in [0.05, 0.1) is 0 Å². The minimum atomic E-state index is -1.01. The van der Waals surface area contributed by atoms with E-state index in [0.29, 0.717) is 0 Å². The first-order valence-corrected chi connectivity index (χ1v) is 5.61. The summed E-state index contributed by atoms with van der Waals surface area (Å²) < 4.78 is 0. The molecule has 2 rings (SSSR count). The van der Waals surface area contributed by atoms with E-state index in [2.05, 4.69) is 11.6 Å². The monoisotopic (exact) mass is 239 g/mol. The molecule has 0 aliphatic heterocycles. The summed E-state index contributed by atoms with van der Waals surface area (Å²) in [5.41, 5.74) is 3.18. The van der Waals surface area contributed by atoms with Crippen LogP contribution in [0.15, 0.2) is 55.3 Å². The van der Waals surface area contributed by atoms with Gasteiger partial charge < -0.3 is 5.11 Å². The highest BCUT2D eigenvalue weighted by Crippen LogP contribution is 2.23. The third-order valence-electron chi connectivity index (χ3n) is 2.68. The zero-order valence-electron chi connectivity index (χ0n) is 9.84. The molecule has 3 heteroatoms. The van der Waals surface area contributed by atoms with Gasteiger partial charge in [0.2, 0.25) is 0 Å². The van der Waals surface area contributed by atoms with E-state index in [4.69, 9.17) is 5.11 Å². The topological polar surface area (TPSA) is 50.2 Å².